The van der Waals surface area contributed by atoms with Crippen molar-refractivity contribution in [1.29, 1.82) is 0 Å². The summed E-state index contributed by atoms with van der Waals surface area (Å²) in [7, 11) is 3.50. The average molecular weight is 519 g/mol. The van der Waals surface area contributed by atoms with Crippen LogP contribution in [0.1, 0.15) is 78.6 Å². The van der Waals surface area contributed by atoms with E-state index in [1.54, 1.807) is 11.8 Å². The van der Waals surface area contributed by atoms with Gasteiger partial charge in [0.05, 0.1) is 24.5 Å². The quantitative estimate of drug-likeness (QED) is 0.480. The van der Waals surface area contributed by atoms with Gasteiger partial charge in [0.15, 0.2) is 5.82 Å². The van der Waals surface area contributed by atoms with Gasteiger partial charge in [-0.2, -0.15) is 10.2 Å². The molecule has 0 bridgehead atoms. The zero-order chi connectivity index (χ0) is 26.8. The molecule has 202 valence electrons. The van der Waals surface area contributed by atoms with Crippen molar-refractivity contribution in [3.05, 3.63) is 58.5 Å². The first kappa shape index (κ1) is 26.0. The normalized spacial score (nSPS) is 19.3. The van der Waals surface area contributed by atoms with Crippen molar-refractivity contribution in [2.24, 2.45) is 18.9 Å². The molecule has 3 aromatic rings. The fourth-order valence-electron chi connectivity index (χ4n) is 5.86. The van der Waals surface area contributed by atoms with E-state index in [0.717, 1.165) is 61.2 Å². The predicted octanol–water partition coefficient (Wildman–Crippen LogP) is 4.46. The van der Waals surface area contributed by atoms with E-state index in [-0.39, 0.29) is 23.8 Å². The molecule has 38 heavy (non-hydrogen) atoms. The lowest BCUT2D eigenvalue weighted by Crippen LogP contribution is -2.39. The number of aromatic nitrogens is 4. The molecule has 3 heterocycles. The Bertz CT molecular complexity index is 1300. The number of anilines is 1. The minimum atomic E-state index is -0.142. The SMILES string of the molecule is COc1cccc2c1CC(C(=O)Nc1cc(C3CCCCN3C(=O)c3cc(CC(C)C)nn3C)[nH]n1)CC2. The van der Waals surface area contributed by atoms with Crippen LogP contribution in [0.4, 0.5) is 5.82 Å². The number of nitrogens with zero attached hydrogens (tertiary/aromatic N) is 4. The third kappa shape index (κ3) is 5.33. The van der Waals surface area contributed by atoms with E-state index in [9.17, 15) is 9.59 Å². The zero-order valence-corrected chi connectivity index (χ0v) is 22.8. The van der Waals surface area contributed by atoms with Crippen LogP contribution in [0.25, 0.3) is 0 Å². The molecule has 5 rings (SSSR count). The number of likely N-dealkylation sites (tertiary alicyclic amines) is 1. The second-order valence-electron chi connectivity index (χ2n) is 11.0. The van der Waals surface area contributed by atoms with Gasteiger partial charge in [-0.15, -0.1) is 0 Å². The van der Waals surface area contributed by atoms with Crippen molar-refractivity contribution in [1.82, 2.24) is 24.9 Å². The van der Waals surface area contributed by atoms with Gasteiger partial charge in [0, 0.05) is 25.6 Å². The van der Waals surface area contributed by atoms with Crippen LogP contribution in [0.2, 0.25) is 0 Å². The van der Waals surface area contributed by atoms with Crippen LogP contribution in [0.3, 0.4) is 0 Å². The smallest absolute Gasteiger partial charge is 0.272 e. The summed E-state index contributed by atoms with van der Waals surface area (Å²) >= 11 is 0. The molecule has 1 aliphatic carbocycles. The molecule has 2 atom stereocenters. The zero-order valence-electron chi connectivity index (χ0n) is 22.8. The molecule has 2 aromatic heterocycles. The molecule has 2 N–H and O–H groups in total. The number of ether oxygens (including phenoxy) is 1. The van der Waals surface area contributed by atoms with E-state index in [0.29, 0.717) is 30.4 Å². The number of hydrogen-bond donors (Lipinski definition) is 2. The van der Waals surface area contributed by atoms with E-state index < -0.39 is 0 Å². The molecular weight excluding hydrogens is 480 g/mol. The van der Waals surface area contributed by atoms with Gasteiger partial charge in [0.25, 0.3) is 5.91 Å². The maximum atomic E-state index is 13.6. The average Bonchev–Trinajstić information content (AvgIpc) is 3.53. The molecule has 9 heteroatoms. The lowest BCUT2D eigenvalue weighted by molar-refractivity contribution is -0.120. The lowest BCUT2D eigenvalue weighted by Gasteiger charge is -2.35. The number of carbonyl (C=O) groups excluding carboxylic acids is 2. The number of aryl methyl sites for hydroxylation is 2. The molecule has 1 aromatic carbocycles. The summed E-state index contributed by atoms with van der Waals surface area (Å²) in [6.07, 6.45) is 5.97. The number of hydrogen-bond acceptors (Lipinski definition) is 5. The lowest BCUT2D eigenvalue weighted by atomic mass is 9.83. The second-order valence-corrected chi connectivity index (χ2v) is 11.0. The van der Waals surface area contributed by atoms with Crippen LogP contribution in [0.15, 0.2) is 30.3 Å². The molecule has 2 unspecified atom stereocenters. The topological polar surface area (TPSA) is 105 Å². The van der Waals surface area contributed by atoms with Gasteiger partial charge < -0.3 is 15.0 Å². The number of piperidine rings is 1. The Labute approximate surface area is 223 Å². The van der Waals surface area contributed by atoms with Crippen molar-refractivity contribution >= 4 is 17.6 Å². The van der Waals surface area contributed by atoms with Crippen LogP contribution in [-0.4, -0.2) is 50.3 Å². The van der Waals surface area contributed by atoms with Crippen molar-refractivity contribution in [3.63, 3.8) is 0 Å². The Morgan fingerprint density at radius 1 is 1.21 bits per heavy atom. The van der Waals surface area contributed by atoms with E-state index in [1.165, 1.54) is 5.56 Å². The van der Waals surface area contributed by atoms with Gasteiger partial charge >= 0.3 is 0 Å². The molecule has 0 saturated carbocycles. The summed E-state index contributed by atoms with van der Waals surface area (Å²) in [6, 6.07) is 9.74. The van der Waals surface area contributed by atoms with Crippen LogP contribution >= 0.6 is 0 Å². The fraction of sp³-hybridized carbons (Fsp3) is 0.517. The minimum absolute atomic E-state index is 0.0188. The van der Waals surface area contributed by atoms with Gasteiger partial charge in [-0.25, -0.2) is 0 Å². The second kappa shape index (κ2) is 11.0. The molecular formula is C29H38N6O3. The third-order valence-electron chi connectivity index (χ3n) is 7.77. The molecule has 1 saturated heterocycles. The van der Waals surface area contributed by atoms with Crippen molar-refractivity contribution < 1.29 is 14.3 Å². The number of rotatable bonds is 7. The number of benzene rings is 1. The van der Waals surface area contributed by atoms with Crippen LogP contribution in [-0.2, 0) is 31.1 Å². The number of fused-ring (bicyclic) bond motifs is 1. The minimum Gasteiger partial charge on any atom is -0.496 e. The number of methoxy groups -OCH3 is 1. The fourth-order valence-corrected chi connectivity index (χ4v) is 5.86. The van der Waals surface area contributed by atoms with Gasteiger partial charge in [0.1, 0.15) is 11.4 Å². The highest BCUT2D eigenvalue weighted by Gasteiger charge is 2.32. The number of carbonyl (C=O) groups is 2. The number of aromatic amines is 1. The summed E-state index contributed by atoms with van der Waals surface area (Å²) in [4.78, 5) is 28.7. The largest absolute Gasteiger partial charge is 0.496 e. The Hall–Kier alpha value is -3.62. The highest BCUT2D eigenvalue weighted by atomic mass is 16.5. The van der Waals surface area contributed by atoms with Crippen molar-refractivity contribution in [3.8, 4) is 5.75 Å². The van der Waals surface area contributed by atoms with E-state index >= 15 is 0 Å². The first-order valence-electron chi connectivity index (χ1n) is 13.7. The Morgan fingerprint density at radius 3 is 2.84 bits per heavy atom. The molecule has 2 aliphatic rings. The van der Waals surface area contributed by atoms with Gasteiger partial charge in [-0.1, -0.05) is 26.0 Å². The Kier molecular flexibility index (Phi) is 7.53. The first-order valence-corrected chi connectivity index (χ1v) is 13.7. The maximum absolute atomic E-state index is 13.6. The maximum Gasteiger partial charge on any atom is 0.272 e. The van der Waals surface area contributed by atoms with Crippen molar-refractivity contribution in [2.75, 3.05) is 19.0 Å². The highest BCUT2D eigenvalue weighted by molar-refractivity contribution is 5.93. The van der Waals surface area contributed by atoms with Gasteiger partial charge in [-0.3, -0.25) is 19.4 Å². The first-order chi connectivity index (χ1) is 18.3. The van der Waals surface area contributed by atoms with Crippen LogP contribution < -0.4 is 10.1 Å². The van der Waals surface area contributed by atoms with E-state index in [4.69, 9.17) is 4.74 Å². The predicted molar refractivity (Wildman–Crippen MR) is 145 cm³/mol. The Balaban J connectivity index is 1.28. The molecule has 9 nitrogen and oxygen atoms in total. The monoisotopic (exact) mass is 518 g/mol. The highest BCUT2D eigenvalue weighted by Crippen LogP contribution is 2.34. The number of H-pyrrole nitrogens is 1. The van der Waals surface area contributed by atoms with Crippen LogP contribution in [0, 0.1) is 11.8 Å². The molecule has 1 fully saturated rings. The van der Waals surface area contributed by atoms with E-state index in [2.05, 4.69) is 40.5 Å². The van der Waals surface area contributed by atoms with Gasteiger partial charge in [0.2, 0.25) is 5.91 Å². The molecule has 0 spiro atoms. The van der Waals surface area contributed by atoms with E-state index in [1.807, 2.05) is 36.2 Å². The Morgan fingerprint density at radius 2 is 2.05 bits per heavy atom. The summed E-state index contributed by atoms with van der Waals surface area (Å²) in [5.41, 5.74) is 4.76. The number of amides is 2. The van der Waals surface area contributed by atoms with Crippen LogP contribution in [0.5, 0.6) is 5.75 Å². The standard InChI is InChI=1S/C29H38N6O3/c1-18(2)14-21-16-25(34(3)33-21)29(37)35-13-6-5-9-24(35)23-17-27(32-31-23)30-28(36)20-12-11-19-8-7-10-26(38-4)22(19)15-20/h7-8,10,16-18,20,24H,5-6,9,11-15H2,1-4H3,(H2,30,31,32,36). The molecule has 0 radical (unpaired) electrons. The molecule has 2 amide bonds. The number of nitrogens with one attached hydrogen (secondary N) is 2. The van der Waals surface area contributed by atoms with Crippen molar-refractivity contribution in [2.45, 2.75) is 64.8 Å². The summed E-state index contributed by atoms with van der Waals surface area (Å²) in [5, 5.41) is 15.1. The van der Waals surface area contributed by atoms with Gasteiger partial charge in [-0.05, 0) is 74.1 Å². The summed E-state index contributed by atoms with van der Waals surface area (Å²) < 4.78 is 7.23. The summed E-state index contributed by atoms with van der Waals surface area (Å²) in [5.74, 6) is 1.61. The summed E-state index contributed by atoms with van der Waals surface area (Å²) in [6.45, 7) is 4.98. The third-order valence-corrected chi connectivity index (χ3v) is 7.77. The molecule has 1 aliphatic heterocycles.